The zero-order chi connectivity index (χ0) is 29.2. The molecule has 0 unspecified atom stereocenters. The summed E-state index contributed by atoms with van der Waals surface area (Å²) in [5.41, 5.74) is 3.03. The monoisotopic (exact) mass is 562 g/mol. The Morgan fingerprint density at radius 3 is 2.38 bits per heavy atom. The van der Waals surface area contributed by atoms with Gasteiger partial charge in [0.25, 0.3) is 5.56 Å². The van der Waals surface area contributed by atoms with E-state index in [4.69, 9.17) is 0 Å². The van der Waals surface area contributed by atoms with Gasteiger partial charge in [-0.2, -0.15) is 5.11 Å². The van der Waals surface area contributed by atoms with Crippen LogP contribution < -0.4 is 15.8 Å². The first kappa shape index (κ1) is 29.1. The molecule has 0 radical (unpaired) electrons. The first-order valence-electron chi connectivity index (χ1n) is 13.3. The maximum atomic E-state index is 13.6. The van der Waals surface area contributed by atoms with Crippen LogP contribution in [0, 0.1) is 6.92 Å². The third-order valence-corrected chi connectivity index (χ3v) is 8.30. The molecule has 10 heteroatoms. The van der Waals surface area contributed by atoms with E-state index in [2.05, 4.69) is 44.1 Å². The molecule has 1 aliphatic rings. The first-order valence-corrected chi connectivity index (χ1v) is 15.2. The van der Waals surface area contributed by atoms with Gasteiger partial charge in [-0.1, -0.05) is 24.8 Å². The van der Waals surface area contributed by atoms with Gasteiger partial charge in [0.05, 0.1) is 16.3 Å². The summed E-state index contributed by atoms with van der Waals surface area (Å²) in [6.45, 7) is 14.4. The van der Waals surface area contributed by atoms with Crippen LogP contribution in [0.2, 0.25) is 0 Å². The van der Waals surface area contributed by atoms with E-state index in [9.17, 15) is 13.2 Å². The van der Waals surface area contributed by atoms with Crippen molar-refractivity contribution in [2.24, 2.45) is 17.3 Å². The number of para-hydroxylation sites is 1. The van der Waals surface area contributed by atoms with Gasteiger partial charge in [0.1, 0.15) is 11.6 Å². The van der Waals surface area contributed by atoms with E-state index in [0.29, 0.717) is 16.8 Å². The number of allylic oxidation sites excluding steroid dienone is 2. The normalized spacial score (nSPS) is 15.6. The Balaban J connectivity index is 1.69. The fourth-order valence-corrected chi connectivity index (χ4v) is 6.01. The Hall–Kier alpha value is -3.92. The Kier molecular flexibility index (Phi) is 8.48. The minimum atomic E-state index is -3.41. The number of aromatic nitrogens is 1. The molecule has 212 valence electrons. The zero-order valence-corrected chi connectivity index (χ0v) is 24.9. The molecule has 1 fully saturated rings. The lowest BCUT2D eigenvalue weighted by Crippen LogP contribution is -2.47. The quantitative estimate of drug-likeness (QED) is 0.370. The number of aryl methyl sites for hydroxylation is 1. The van der Waals surface area contributed by atoms with E-state index in [-0.39, 0.29) is 16.5 Å². The number of fused-ring (bicyclic) bond motifs is 1. The molecular formula is C30H38N6O3S. The van der Waals surface area contributed by atoms with Crippen LogP contribution in [0.5, 0.6) is 0 Å². The average Bonchev–Trinajstić information content (AvgIpc) is 2.91. The third-order valence-electron chi connectivity index (χ3n) is 7.14. The van der Waals surface area contributed by atoms with Crippen LogP contribution in [0.3, 0.4) is 0 Å². The van der Waals surface area contributed by atoms with Crippen molar-refractivity contribution in [1.82, 2.24) is 9.47 Å². The summed E-state index contributed by atoms with van der Waals surface area (Å²) in [5, 5.41) is 13.3. The van der Waals surface area contributed by atoms with Crippen molar-refractivity contribution in [3.05, 3.63) is 88.1 Å². The van der Waals surface area contributed by atoms with Gasteiger partial charge in [-0.05, 0) is 74.5 Å². The van der Waals surface area contributed by atoms with E-state index < -0.39 is 9.84 Å². The fraction of sp³-hybridized carbons (Fsp3) is 0.367. The summed E-state index contributed by atoms with van der Waals surface area (Å²) >= 11 is 0. The van der Waals surface area contributed by atoms with Gasteiger partial charge in [-0.3, -0.25) is 9.36 Å². The number of hydrogen-bond acceptors (Lipinski definition) is 8. The van der Waals surface area contributed by atoms with Gasteiger partial charge in [0, 0.05) is 50.9 Å². The highest BCUT2D eigenvalue weighted by Crippen LogP contribution is 2.32. The van der Waals surface area contributed by atoms with Crippen LogP contribution in [-0.2, 0) is 16.9 Å². The molecule has 0 saturated carbocycles. The third kappa shape index (κ3) is 6.12. The van der Waals surface area contributed by atoms with Crippen molar-refractivity contribution in [3.63, 3.8) is 0 Å². The highest BCUT2D eigenvalue weighted by Gasteiger charge is 2.23. The molecule has 0 bridgehead atoms. The zero-order valence-electron chi connectivity index (χ0n) is 24.1. The highest BCUT2D eigenvalue weighted by molar-refractivity contribution is 7.90. The van der Waals surface area contributed by atoms with Gasteiger partial charge in [-0.25, -0.2) is 8.42 Å². The number of piperazine rings is 1. The molecule has 0 amide bonds. The molecule has 2 heterocycles. The lowest BCUT2D eigenvalue weighted by molar-refractivity contribution is 0.313. The molecule has 0 spiro atoms. The molecule has 3 aromatic rings. The molecule has 1 atom stereocenters. The molecule has 0 aliphatic carbocycles. The standard InChI is InChI=1S/C30H38N6O3S/c1-8-28(33-32-20(2)3)35-13-15-36(16-14-35)29-19-24-23(17-21(4)18-25(24)30(37)34(29)6)22(5)31-26-11-9-10-12-27(26)40(7,38)39/h8-12,17-19,22,31H,2,13-16H2,1,3-7H3/b28-8+,33-32?/t22-/m1/s1. The van der Waals surface area contributed by atoms with Gasteiger partial charge >= 0.3 is 0 Å². The SMILES string of the molecule is C=C(C)N=N/C(=C\C)N1CCN(c2cc3c([C@@H](C)Nc4ccccc4S(C)(=O)=O)cc(C)cc3c(=O)n2C)CC1. The van der Waals surface area contributed by atoms with Crippen LogP contribution in [0.1, 0.15) is 37.9 Å². The largest absolute Gasteiger partial charge is 0.377 e. The van der Waals surface area contributed by atoms with E-state index in [0.717, 1.165) is 54.3 Å². The number of hydrogen-bond donors (Lipinski definition) is 1. The van der Waals surface area contributed by atoms with E-state index in [1.54, 1.807) is 22.8 Å². The van der Waals surface area contributed by atoms with E-state index in [1.807, 2.05) is 53.0 Å². The smallest absolute Gasteiger partial charge is 0.259 e. The Bertz CT molecular complexity index is 1660. The molecule has 9 nitrogen and oxygen atoms in total. The number of pyridine rings is 1. The number of nitrogens with one attached hydrogen (secondary N) is 1. The summed E-state index contributed by atoms with van der Waals surface area (Å²) < 4.78 is 26.5. The van der Waals surface area contributed by atoms with E-state index >= 15 is 0 Å². The summed E-state index contributed by atoms with van der Waals surface area (Å²) in [4.78, 5) is 18.3. The molecule has 2 aromatic carbocycles. The predicted octanol–water partition coefficient (Wildman–Crippen LogP) is 5.39. The van der Waals surface area contributed by atoms with Crippen LogP contribution in [0.25, 0.3) is 10.8 Å². The Morgan fingerprint density at radius 1 is 1.07 bits per heavy atom. The van der Waals surface area contributed by atoms with E-state index in [1.165, 1.54) is 6.26 Å². The van der Waals surface area contributed by atoms with Gasteiger partial charge in [0.15, 0.2) is 9.84 Å². The van der Waals surface area contributed by atoms with Crippen LogP contribution >= 0.6 is 0 Å². The van der Waals surface area contributed by atoms with Crippen molar-refractivity contribution in [2.75, 3.05) is 42.7 Å². The number of benzene rings is 2. The topological polar surface area (TPSA) is 99.4 Å². The lowest BCUT2D eigenvalue weighted by atomic mass is 9.97. The molecule has 40 heavy (non-hydrogen) atoms. The first-order chi connectivity index (χ1) is 18.9. The number of sulfone groups is 1. The summed E-state index contributed by atoms with van der Waals surface area (Å²) in [6.07, 6.45) is 3.15. The molecule has 1 aliphatic heterocycles. The Morgan fingerprint density at radius 2 is 1.75 bits per heavy atom. The molecule has 4 rings (SSSR count). The Labute approximate surface area is 236 Å². The van der Waals surface area contributed by atoms with Gasteiger partial charge in [-0.15, -0.1) is 5.11 Å². The molecule has 1 saturated heterocycles. The number of nitrogens with zero attached hydrogens (tertiary/aromatic N) is 5. The van der Waals surface area contributed by atoms with Crippen molar-refractivity contribution < 1.29 is 8.42 Å². The molecular weight excluding hydrogens is 524 g/mol. The van der Waals surface area contributed by atoms with Gasteiger partial charge in [0.2, 0.25) is 0 Å². The molecule has 1 N–H and O–H groups in total. The maximum absolute atomic E-state index is 13.6. The number of rotatable bonds is 8. The fourth-order valence-electron chi connectivity index (χ4n) is 5.16. The van der Waals surface area contributed by atoms with Crippen molar-refractivity contribution >= 4 is 32.1 Å². The average molecular weight is 563 g/mol. The predicted molar refractivity (Wildman–Crippen MR) is 163 cm³/mol. The maximum Gasteiger partial charge on any atom is 0.259 e. The summed E-state index contributed by atoms with van der Waals surface area (Å²) in [5.74, 6) is 1.65. The van der Waals surface area contributed by atoms with Gasteiger partial charge < -0.3 is 15.1 Å². The molecule has 1 aromatic heterocycles. The second-order valence-electron chi connectivity index (χ2n) is 10.4. The van der Waals surface area contributed by atoms with Crippen LogP contribution in [0.4, 0.5) is 11.5 Å². The van der Waals surface area contributed by atoms with Crippen molar-refractivity contribution in [2.45, 2.75) is 38.6 Å². The summed E-state index contributed by atoms with van der Waals surface area (Å²) in [6, 6.07) is 12.7. The second kappa shape index (κ2) is 11.7. The highest BCUT2D eigenvalue weighted by atomic mass is 32.2. The number of azo groups is 1. The minimum Gasteiger partial charge on any atom is -0.377 e. The second-order valence-corrected chi connectivity index (χ2v) is 12.4. The minimum absolute atomic E-state index is 0.0620. The summed E-state index contributed by atoms with van der Waals surface area (Å²) in [7, 11) is -1.60. The van der Waals surface area contributed by atoms with Crippen molar-refractivity contribution in [1.29, 1.82) is 0 Å². The lowest BCUT2D eigenvalue weighted by Gasteiger charge is -2.37. The van der Waals surface area contributed by atoms with Crippen LogP contribution in [0.15, 0.2) is 86.6 Å². The van der Waals surface area contributed by atoms with Crippen molar-refractivity contribution in [3.8, 4) is 0 Å². The van der Waals surface area contributed by atoms with Crippen LogP contribution in [-0.4, -0.2) is 50.3 Å². The number of anilines is 2.